The number of hydrogen-bond acceptors (Lipinski definition) is 4. The van der Waals surface area contributed by atoms with E-state index in [1.54, 1.807) is 24.9 Å². The lowest BCUT2D eigenvalue weighted by molar-refractivity contribution is 0.705. The first-order chi connectivity index (χ1) is 7.40. The molecule has 5 heteroatoms. The summed E-state index contributed by atoms with van der Waals surface area (Å²) in [7, 11) is 0. The first-order valence-corrected chi connectivity index (χ1v) is 4.90. The normalized spacial score (nSPS) is 10.5. The smallest absolute Gasteiger partial charge is 0.156 e. The highest BCUT2D eigenvalue weighted by atomic mass is 15.1. The number of aromatic nitrogens is 4. The Labute approximate surface area is 88.2 Å². The van der Waals surface area contributed by atoms with Gasteiger partial charge in [0.1, 0.15) is 6.33 Å². The first-order valence-electron chi connectivity index (χ1n) is 4.90. The summed E-state index contributed by atoms with van der Waals surface area (Å²) < 4.78 is 1.82. The van der Waals surface area contributed by atoms with Crippen molar-refractivity contribution in [2.75, 3.05) is 6.54 Å². The van der Waals surface area contributed by atoms with E-state index in [0.29, 0.717) is 0 Å². The van der Waals surface area contributed by atoms with Gasteiger partial charge in [0.25, 0.3) is 0 Å². The number of nitrogens with zero attached hydrogens (tertiary/aromatic N) is 4. The zero-order valence-corrected chi connectivity index (χ0v) is 8.59. The fourth-order valence-electron chi connectivity index (χ4n) is 1.22. The number of rotatable bonds is 4. The Morgan fingerprint density at radius 1 is 1.33 bits per heavy atom. The van der Waals surface area contributed by atoms with Crippen LogP contribution in [0.15, 0.2) is 31.1 Å². The van der Waals surface area contributed by atoms with Crippen LogP contribution < -0.4 is 5.32 Å². The molecular formula is C10H13N5. The molecule has 78 valence electrons. The van der Waals surface area contributed by atoms with Crippen molar-refractivity contribution in [3.63, 3.8) is 0 Å². The average molecular weight is 203 g/mol. The van der Waals surface area contributed by atoms with Gasteiger partial charge in [-0.15, -0.1) is 0 Å². The third-order valence-electron chi connectivity index (χ3n) is 2.02. The van der Waals surface area contributed by atoms with Crippen LogP contribution in [0.5, 0.6) is 0 Å². The molecule has 1 N–H and O–H groups in total. The molecule has 0 atom stereocenters. The van der Waals surface area contributed by atoms with E-state index in [0.717, 1.165) is 24.6 Å². The highest BCUT2D eigenvalue weighted by Gasteiger charge is 1.98. The van der Waals surface area contributed by atoms with Crippen molar-refractivity contribution < 1.29 is 0 Å². The molecule has 2 heterocycles. The highest BCUT2D eigenvalue weighted by Crippen LogP contribution is 2.01. The molecule has 0 amide bonds. The van der Waals surface area contributed by atoms with E-state index >= 15 is 0 Å². The van der Waals surface area contributed by atoms with Crippen LogP contribution >= 0.6 is 0 Å². The summed E-state index contributed by atoms with van der Waals surface area (Å²) in [5.74, 6) is 0.785. The van der Waals surface area contributed by atoms with E-state index in [-0.39, 0.29) is 0 Å². The maximum Gasteiger partial charge on any atom is 0.156 e. The van der Waals surface area contributed by atoms with Crippen LogP contribution in [0.2, 0.25) is 0 Å². The van der Waals surface area contributed by atoms with Crippen molar-refractivity contribution >= 4 is 0 Å². The van der Waals surface area contributed by atoms with Gasteiger partial charge >= 0.3 is 0 Å². The summed E-state index contributed by atoms with van der Waals surface area (Å²) in [6.07, 6.45) is 8.78. The molecule has 5 nitrogen and oxygen atoms in total. The molecule has 0 bridgehead atoms. The van der Waals surface area contributed by atoms with Crippen molar-refractivity contribution in [2.45, 2.75) is 13.5 Å². The fourth-order valence-corrected chi connectivity index (χ4v) is 1.22. The summed E-state index contributed by atoms with van der Waals surface area (Å²) in [6, 6.07) is 0. The molecular weight excluding hydrogens is 190 g/mol. The lowest BCUT2D eigenvalue weighted by Gasteiger charge is -2.03. The molecule has 0 unspecified atom stereocenters. The molecule has 0 saturated carbocycles. The summed E-state index contributed by atoms with van der Waals surface area (Å²) in [4.78, 5) is 12.5. The Hall–Kier alpha value is -1.75. The van der Waals surface area contributed by atoms with Crippen LogP contribution in [-0.2, 0) is 6.54 Å². The SMILES string of the molecule is CCNCc1cnc(-n2ccnc2)cn1. The maximum atomic E-state index is 4.30. The van der Waals surface area contributed by atoms with Gasteiger partial charge in [0.2, 0.25) is 0 Å². The highest BCUT2D eigenvalue weighted by molar-refractivity contribution is 5.18. The Bertz CT molecular complexity index is 392. The Kier molecular flexibility index (Phi) is 3.04. The van der Waals surface area contributed by atoms with Crippen molar-refractivity contribution in [1.29, 1.82) is 0 Å². The molecule has 0 saturated heterocycles. The Balaban J connectivity index is 2.11. The van der Waals surface area contributed by atoms with Crippen molar-refractivity contribution in [3.05, 3.63) is 36.8 Å². The molecule has 0 fully saturated rings. The van der Waals surface area contributed by atoms with Gasteiger partial charge < -0.3 is 5.32 Å². The third-order valence-corrected chi connectivity index (χ3v) is 2.02. The molecule has 0 spiro atoms. The summed E-state index contributed by atoms with van der Waals surface area (Å²) in [5.41, 5.74) is 0.945. The minimum absolute atomic E-state index is 0.758. The van der Waals surface area contributed by atoms with E-state index in [9.17, 15) is 0 Å². The molecule has 0 aliphatic carbocycles. The van der Waals surface area contributed by atoms with Crippen LogP contribution in [0.25, 0.3) is 5.82 Å². The van der Waals surface area contributed by atoms with Crippen molar-refractivity contribution in [1.82, 2.24) is 24.8 Å². The van der Waals surface area contributed by atoms with Crippen LogP contribution in [0.3, 0.4) is 0 Å². The molecule has 15 heavy (non-hydrogen) atoms. The van der Waals surface area contributed by atoms with Gasteiger partial charge in [-0.3, -0.25) is 9.55 Å². The van der Waals surface area contributed by atoms with Crippen LogP contribution in [0.4, 0.5) is 0 Å². The zero-order chi connectivity index (χ0) is 10.5. The minimum Gasteiger partial charge on any atom is -0.311 e. The summed E-state index contributed by atoms with van der Waals surface area (Å²) >= 11 is 0. The number of nitrogens with one attached hydrogen (secondary N) is 1. The molecule has 2 rings (SSSR count). The first kappa shape index (κ1) is 9.79. The Morgan fingerprint density at radius 3 is 2.87 bits per heavy atom. The average Bonchev–Trinajstić information content (AvgIpc) is 2.80. The predicted octanol–water partition coefficient (Wildman–Crippen LogP) is 0.772. The number of hydrogen-bond donors (Lipinski definition) is 1. The number of imidazole rings is 1. The van der Waals surface area contributed by atoms with E-state index in [1.807, 2.05) is 10.8 Å². The van der Waals surface area contributed by atoms with Gasteiger partial charge in [-0.25, -0.2) is 9.97 Å². The third kappa shape index (κ3) is 2.38. The minimum atomic E-state index is 0.758. The topological polar surface area (TPSA) is 55.6 Å². The van der Waals surface area contributed by atoms with Gasteiger partial charge in [-0.05, 0) is 6.54 Å². The van der Waals surface area contributed by atoms with E-state index in [4.69, 9.17) is 0 Å². The largest absolute Gasteiger partial charge is 0.311 e. The van der Waals surface area contributed by atoms with Gasteiger partial charge in [-0.1, -0.05) is 6.92 Å². The monoisotopic (exact) mass is 203 g/mol. The van der Waals surface area contributed by atoms with Crippen molar-refractivity contribution in [2.24, 2.45) is 0 Å². The standard InChI is InChI=1S/C10H13N5/c1-2-11-5-9-6-14-10(7-13-9)15-4-3-12-8-15/h3-4,6-8,11H,2,5H2,1H3. The van der Waals surface area contributed by atoms with E-state index in [1.165, 1.54) is 0 Å². The molecule has 0 radical (unpaired) electrons. The quantitative estimate of drug-likeness (QED) is 0.797. The van der Waals surface area contributed by atoms with Gasteiger partial charge in [0.15, 0.2) is 5.82 Å². The second-order valence-electron chi connectivity index (χ2n) is 3.12. The second-order valence-corrected chi connectivity index (χ2v) is 3.12. The molecule has 0 aliphatic rings. The lowest BCUT2D eigenvalue weighted by Crippen LogP contribution is -2.13. The van der Waals surface area contributed by atoms with Gasteiger partial charge in [-0.2, -0.15) is 0 Å². The predicted molar refractivity (Wildman–Crippen MR) is 56.5 cm³/mol. The second kappa shape index (κ2) is 4.65. The molecule has 2 aromatic heterocycles. The van der Waals surface area contributed by atoms with E-state index < -0.39 is 0 Å². The van der Waals surface area contributed by atoms with Gasteiger partial charge in [0.05, 0.1) is 18.1 Å². The molecule has 0 aromatic carbocycles. The van der Waals surface area contributed by atoms with Crippen LogP contribution in [-0.4, -0.2) is 26.1 Å². The van der Waals surface area contributed by atoms with Gasteiger partial charge in [0, 0.05) is 18.9 Å². The fraction of sp³-hybridized carbons (Fsp3) is 0.300. The molecule has 2 aromatic rings. The molecule has 0 aliphatic heterocycles. The zero-order valence-electron chi connectivity index (χ0n) is 8.59. The van der Waals surface area contributed by atoms with Crippen LogP contribution in [0.1, 0.15) is 12.6 Å². The van der Waals surface area contributed by atoms with Crippen LogP contribution in [0, 0.1) is 0 Å². The van der Waals surface area contributed by atoms with E-state index in [2.05, 4.69) is 27.2 Å². The van der Waals surface area contributed by atoms with Crippen molar-refractivity contribution in [3.8, 4) is 5.82 Å². The Morgan fingerprint density at radius 2 is 2.27 bits per heavy atom. The summed E-state index contributed by atoms with van der Waals surface area (Å²) in [5, 5.41) is 3.20. The lowest BCUT2D eigenvalue weighted by atomic mass is 10.4. The maximum absolute atomic E-state index is 4.30. The summed E-state index contributed by atoms with van der Waals surface area (Å²) in [6.45, 7) is 3.76.